The van der Waals surface area contributed by atoms with E-state index in [0.29, 0.717) is 17.4 Å². The monoisotopic (exact) mass is 1010 g/mol. The maximum absolute atomic E-state index is 13.5. The third kappa shape index (κ3) is 52.1. The van der Waals surface area contributed by atoms with Crippen molar-refractivity contribution in [1.29, 1.82) is 0 Å². The van der Waals surface area contributed by atoms with E-state index >= 15 is 0 Å². The largest absolute Gasteiger partial charge is 0.756 e. The number of likely N-dealkylation sites (N-methyl/N-ethyl adjacent to an activating group) is 1. The zero-order valence-electron chi connectivity index (χ0n) is 46.9. The molecule has 0 aromatic carbocycles. The van der Waals surface area contributed by atoms with Crippen molar-refractivity contribution < 1.29 is 37.3 Å². The number of hydrogen-bond acceptors (Lipinski definition) is 7. The zero-order chi connectivity index (χ0) is 52.2. The van der Waals surface area contributed by atoms with Crippen LogP contribution in [0.5, 0.6) is 0 Å². The highest BCUT2D eigenvalue weighted by molar-refractivity contribution is 7.45. The fourth-order valence-electron chi connectivity index (χ4n) is 8.15. The summed E-state index contributed by atoms with van der Waals surface area (Å²) in [5, 5.41) is 2.99. The maximum Gasteiger partial charge on any atom is 0.306 e. The Hall–Kier alpha value is -2.55. The van der Waals surface area contributed by atoms with Gasteiger partial charge in [-0.05, 0) is 70.3 Å². The lowest BCUT2D eigenvalue weighted by Crippen LogP contribution is -2.47. The molecule has 10 heteroatoms. The van der Waals surface area contributed by atoms with Crippen LogP contribution in [-0.4, -0.2) is 69.4 Å². The van der Waals surface area contributed by atoms with Crippen molar-refractivity contribution in [2.45, 2.75) is 264 Å². The second-order valence-electron chi connectivity index (χ2n) is 20.8. The average molecular weight is 1020 g/mol. The van der Waals surface area contributed by atoms with Crippen LogP contribution in [0.4, 0.5) is 0 Å². The van der Waals surface area contributed by atoms with Gasteiger partial charge in [0.05, 0.1) is 33.8 Å². The number of nitrogens with zero attached hydrogens (tertiary/aromatic N) is 1. The van der Waals surface area contributed by atoms with Crippen molar-refractivity contribution in [3.63, 3.8) is 0 Å². The Kier molecular flexibility index (Phi) is 49.1. The summed E-state index contributed by atoms with van der Waals surface area (Å²) in [6, 6.07) is -0.918. The van der Waals surface area contributed by atoms with Crippen LogP contribution in [0.25, 0.3) is 0 Å². The van der Waals surface area contributed by atoms with Gasteiger partial charge in [-0.1, -0.05) is 242 Å². The molecule has 1 N–H and O–H groups in total. The fraction of sp³-hybridized carbons (Fsp3) is 0.770. The van der Waals surface area contributed by atoms with Crippen LogP contribution in [0.1, 0.15) is 252 Å². The first kappa shape index (κ1) is 68.5. The Bertz CT molecular complexity index is 1450. The van der Waals surface area contributed by atoms with E-state index in [9.17, 15) is 19.0 Å². The minimum Gasteiger partial charge on any atom is -0.756 e. The summed E-state index contributed by atoms with van der Waals surface area (Å²) < 4.78 is 30.2. The van der Waals surface area contributed by atoms with Gasteiger partial charge in [0, 0.05) is 12.8 Å². The van der Waals surface area contributed by atoms with E-state index < -0.39 is 26.6 Å². The predicted molar refractivity (Wildman–Crippen MR) is 302 cm³/mol. The summed E-state index contributed by atoms with van der Waals surface area (Å²) in [4.78, 5) is 39.9. The van der Waals surface area contributed by atoms with Crippen molar-refractivity contribution in [3.05, 3.63) is 72.9 Å². The van der Waals surface area contributed by atoms with Crippen LogP contribution in [0.15, 0.2) is 72.9 Å². The number of phosphoric ester groups is 1. The van der Waals surface area contributed by atoms with Crippen molar-refractivity contribution in [2.75, 3.05) is 40.9 Å². The van der Waals surface area contributed by atoms with Gasteiger partial charge in [0.15, 0.2) is 0 Å². The number of rotatable bonds is 52. The molecule has 71 heavy (non-hydrogen) atoms. The van der Waals surface area contributed by atoms with Crippen LogP contribution >= 0.6 is 7.82 Å². The van der Waals surface area contributed by atoms with E-state index in [1.54, 1.807) is 0 Å². The fourth-order valence-corrected chi connectivity index (χ4v) is 8.87. The van der Waals surface area contributed by atoms with E-state index in [-0.39, 0.29) is 31.3 Å². The summed E-state index contributed by atoms with van der Waals surface area (Å²) in [5.41, 5.74) is 0. The molecule has 0 aliphatic rings. The van der Waals surface area contributed by atoms with Gasteiger partial charge in [-0.2, -0.15) is 0 Å². The first-order chi connectivity index (χ1) is 34.4. The Morgan fingerprint density at radius 2 is 0.915 bits per heavy atom. The highest BCUT2D eigenvalue weighted by atomic mass is 31.2. The van der Waals surface area contributed by atoms with E-state index in [1.807, 2.05) is 33.3 Å². The van der Waals surface area contributed by atoms with Gasteiger partial charge in [0.1, 0.15) is 19.3 Å². The number of allylic oxidation sites excluding steroid dienone is 11. The number of nitrogens with one attached hydrogen (secondary N) is 1. The van der Waals surface area contributed by atoms with Crippen LogP contribution in [0.2, 0.25) is 0 Å². The lowest BCUT2D eigenvalue weighted by Gasteiger charge is -2.30. The number of ether oxygens (including phenoxy) is 1. The molecular formula is C61H111N2O7P. The molecule has 0 rings (SSSR count). The van der Waals surface area contributed by atoms with Crippen molar-refractivity contribution in [1.82, 2.24) is 5.32 Å². The Labute approximate surface area is 438 Å². The minimum absolute atomic E-state index is 0.0341. The van der Waals surface area contributed by atoms with Crippen LogP contribution < -0.4 is 10.2 Å². The molecule has 0 bridgehead atoms. The number of amides is 1. The van der Waals surface area contributed by atoms with E-state index in [1.165, 1.54) is 135 Å². The lowest BCUT2D eigenvalue weighted by molar-refractivity contribution is -0.870. The summed E-state index contributed by atoms with van der Waals surface area (Å²) in [6.07, 6.45) is 64.4. The molecular weight excluding hydrogens is 904 g/mol. The standard InChI is InChI=1S/C61H111N2O7P/c1-7-10-13-16-19-22-25-28-30-31-33-35-38-41-44-47-50-53-60(64)62-58(57-69-71(66,67)68-56-55-63(4,5)6)59(52-49-46-43-40-37-34-27-24-21-18-15-12-9-3)70-61(65)54-51-48-45-42-39-36-32-29-26-23-20-17-14-11-8-2/h10,13,19,22,28,30,33,35,41,44,49,52,58-59H,7-9,11-12,14-18,20-21,23-27,29,31-32,34,36-40,42-43,45-48,50-51,53-57H2,1-6H3,(H-,62,64,66,67)/b13-10-,22-19-,30-28-,35-33-,44-41-,52-49+. The van der Waals surface area contributed by atoms with Gasteiger partial charge < -0.3 is 28.5 Å². The highest BCUT2D eigenvalue weighted by Crippen LogP contribution is 2.38. The van der Waals surface area contributed by atoms with Gasteiger partial charge in [-0.3, -0.25) is 14.2 Å². The van der Waals surface area contributed by atoms with Crippen molar-refractivity contribution in [3.8, 4) is 0 Å². The Morgan fingerprint density at radius 1 is 0.507 bits per heavy atom. The van der Waals surface area contributed by atoms with Gasteiger partial charge in [0.25, 0.3) is 7.82 Å². The van der Waals surface area contributed by atoms with Crippen LogP contribution in [0, 0.1) is 0 Å². The number of esters is 1. The highest BCUT2D eigenvalue weighted by Gasteiger charge is 2.27. The average Bonchev–Trinajstić information content (AvgIpc) is 3.33. The summed E-state index contributed by atoms with van der Waals surface area (Å²) in [7, 11) is 1.15. The van der Waals surface area contributed by atoms with Crippen molar-refractivity contribution in [2.24, 2.45) is 0 Å². The van der Waals surface area contributed by atoms with E-state index in [0.717, 1.165) is 77.0 Å². The molecule has 0 heterocycles. The predicted octanol–water partition coefficient (Wildman–Crippen LogP) is 17.0. The third-order valence-electron chi connectivity index (χ3n) is 12.7. The van der Waals surface area contributed by atoms with Gasteiger partial charge in [-0.25, -0.2) is 0 Å². The first-order valence-corrected chi connectivity index (χ1v) is 30.7. The molecule has 412 valence electrons. The molecule has 0 radical (unpaired) electrons. The van der Waals surface area contributed by atoms with E-state index in [2.05, 4.69) is 86.8 Å². The molecule has 3 unspecified atom stereocenters. The molecule has 0 saturated heterocycles. The molecule has 3 atom stereocenters. The SMILES string of the molecule is CC/C=C\C/C=C\C/C=C\C/C=C\C/C=C\CCCC(=O)NC(COP(=O)([O-])OCC[N+](C)(C)C)C(/C=C/CCCCCCCCCCCCC)OC(=O)CCCCCCCCCCCCCCCCC. The van der Waals surface area contributed by atoms with Gasteiger partial charge >= 0.3 is 5.97 Å². The zero-order valence-corrected chi connectivity index (χ0v) is 47.8. The quantitative estimate of drug-likeness (QED) is 0.0212. The Morgan fingerprint density at radius 3 is 1.37 bits per heavy atom. The Balaban J connectivity index is 5.44. The molecule has 0 aliphatic carbocycles. The topological polar surface area (TPSA) is 114 Å². The van der Waals surface area contributed by atoms with Crippen LogP contribution in [-0.2, 0) is 27.9 Å². The van der Waals surface area contributed by atoms with Crippen LogP contribution in [0.3, 0.4) is 0 Å². The second-order valence-corrected chi connectivity index (χ2v) is 22.2. The second kappa shape index (κ2) is 51.0. The minimum atomic E-state index is -4.71. The summed E-state index contributed by atoms with van der Waals surface area (Å²) >= 11 is 0. The number of quaternary nitrogens is 1. The first-order valence-electron chi connectivity index (χ1n) is 29.2. The van der Waals surface area contributed by atoms with Crippen molar-refractivity contribution >= 4 is 19.7 Å². The number of carbonyl (C=O) groups is 2. The molecule has 0 fully saturated rings. The summed E-state index contributed by atoms with van der Waals surface area (Å²) in [6.45, 7) is 6.69. The third-order valence-corrected chi connectivity index (χ3v) is 13.6. The smallest absolute Gasteiger partial charge is 0.306 e. The molecule has 1 amide bonds. The number of phosphoric acid groups is 1. The molecule has 0 spiro atoms. The van der Waals surface area contributed by atoms with Gasteiger partial charge in [-0.15, -0.1) is 0 Å². The number of carbonyl (C=O) groups excluding carboxylic acids is 2. The normalized spacial score (nSPS) is 14.3. The number of unbranched alkanes of at least 4 members (excludes halogenated alkanes) is 26. The van der Waals surface area contributed by atoms with Gasteiger partial charge in [0.2, 0.25) is 5.91 Å². The molecule has 0 aliphatic heterocycles. The maximum atomic E-state index is 13.5. The summed E-state index contributed by atoms with van der Waals surface area (Å²) in [5.74, 6) is -0.606. The molecule has 0 aromatic heterocycles. The molecule has 9 nitrogen and oxygen atoms in total. The lowest BCUT2D eigenvalue weighted by atomic mass is 10.0. The van der Waals surface area contributed by atoms with E-state index in [4.69, 9.17) is 13.8 Å². The molecule has 0 saturated carbocycles. The molecule has 0 aromatic rings. The number of hydrogen-bond donors (Lipinski definition) is 1.